The third-order valence-electron chi connectivity index (χ3n) is 2.01. The largest absolute Gasteiger partial charge is 0.345 e. The average Bonchev–Trinajstić information content (AvgIpc) is 2.74. The summed E-state index contributed by atoms with van der Waals surface area (Å²) in [6, 6.07) is 0. The summed E-state index contributed by atoms with van der Waals surface area (Å²) in [5.41, 5.74) is 7.43. The van der Waals surface area contributed by atoms with Crippen LogP contribution in [0.4, 0.5) is 0 Å². The van der Waals surface area contributed by atoms with Crippen molar-refractivity contribution in [2.45, 2.75) is 13.3 Å². The van der Waals surface area contributed by atoms with Crippen molar-refractivity contribution in [3.63, 3.8) is 0 Å². The van der Waals surface area contributed by atoms with Crippen molar-refractivity contribution < 1.29 is 0 Å². The quantitative estimate of drug-likeness (QED) is 0.664. The number of nitrogens with one attached hydrogen (secondary N) is 2. The first-order valence-corrected chi connectivity index (χ1v) is 4.56. The van der Waals surface area contributed by atoms with Gasteiger partial charge < -0.3 is 15.7 Å². The maximum atomic E-state index is 5.51. The van der Waals surface area contributed by atoms with E-state index in [1.54, 1.807) is 12.4 Å². The molecule has 5 heteroatoms. The van der Waals surface area contributed by atoms with Crippen molar-refractivity contribution in [1.29, 1.82) is 0 Å². The molecule has 0 bridgehead atoms. The highest BCUT2D eigenvalue weighted by Gasteiger charge is 2.11. The molecule has 0 atom stereocenters. The van der Waals surface area contributed by atoms with Gasteiger partial charge in [0.05, 0.1) is 0 Å². The second-order valence-electron chi connectivity index (χ2n) is 3.13. The number of nitrogens with two attached hydrogens (primary N) is 1. The smallest absolute Gasteiger partial charge is 0.157 e. The number of hydrogen-bond donors (Lipinski definition) is 3. The maximum Gasteiger partial charge on any atom is 0.157 e. The van der Waals surface area contributed by atoms with E-state index in [0.29, 0.717) is 6.54 Å². The van der Waals surface area contributed by atoms with Crippen LogP contribution in [0.2, 0.25) is 0 Å². The Labute approximate surface area is 81.8 Å². The monoisotopic (exact) mass is 191 g/mol. The number of nitrogens with zero attached hydrogens (tertiary/aromatic N) is 2. The molecule has 0 fully saturated rings. The third kappa shape index (κ3) is 1.54. The standard InChI is InChI=1S/C9H13N5/c1-6-13-7(2-3-10)8(14-6)9-11-4-5-12-9/h4-5H,2-3,10H2,1H3,(H,11,12)(H,13,14). The molecule has 2 aromatic heterocycles. The first kappa shape index (κ1) is 8.96. The van der Waals surface area contributed by atoms with E-state index in [-0.39, 0.29) is 0 Å². The molecule has 2 aromatic rings. The fraction of sp³-hybridized carbons (Fsp3) is 0.333. The van der Waals surface area contributed by atoms with Crippen LogP contribution >= 0.6 is 0 Å². The summed E-state index contributed by atoms with van der Waals surface area (Å²) in [5, 5.41) is 0. The Balaban J connectivity index is 2.41. The molecular formula is C9H13N5. The maximum absolute atomic E-state index is 5.51. The lowest BCUT2D eigenvalue weighted by Gasteiger charge is -1.96. The van der Waals surface area contributed by atoms with Gasteiger partial charge >= 0.3 is 0 Å². The predicted octanol–water partition coefficient (Wildman–Crippen LogP) is 0.609. The van der Waals surface area contributed by atoms with Crippen molar-refractivity contribution in [2.24, 2.45) is 5.73 Å². The molecule has 74 valence electrons. The predicted molar refractivity (Wildman–Crippen MR) is 53.7 cm³/mol. The summed E-state index contributed by atoms with van der Waals surface area (Å²) < 4.78 is 0. The second kappa shape index (κ2) is 3.63. The molecule has 0 aliphatic heterocycles. The Kier molecular flexibility index (Phi) is 2.32. The molecule has 0 unspecified atom stereocenters. The molecule has 0 saturated carbocycles. The van der Waals surface area contributed by atoms with Gasteiger partial charge in [0, 0.05) is 24.5 Å². The van der Waals surface area contributed by atoms with E-state index >= 15 is 0 Å². The van der Waals surface area contributed by atoms with Crippen LogP contribution in [0.1, 0.15) is 11.5 Å². The Morgan fingerprint density at radius 2 is 2.36 bits per heavy atom. The van der Waals surface area contributed by atoms with Gasteiger partial charge in [-0.2, -0.15) is 0 Å². The highest BCUT2D eigenvalue weighted by Crippen LogP contribution is 2.17. The van der Waals surface area contributed by atoms with E-state index in [1.807, 2.05) is 6.92 Å². The van der Waals surface area contributed by atoms with Gasteiger partial charge in [-0.15, -0.1) is 0 Å². The van der Waals surface area contributed by atoms with E-state index < -0.39 is 0 Å². The van der Waals surface area contributed by atoms with Crippen molar-refractivity contribution in [1.82, 2.24) is 19.9 Å². The van der Waals surface area contributed by atoms with Crippen molar-refractivity contribution >= 4 is 0 Å². The Hall–Kier alpha value is -1.62. The number of aromatic amines is 2. The van der Waals surface area contributed by atoms with E-state index in [4.69, 9.17) is 5.73 Å². The number of aromatic nitrogens is 4. The normalized spacial score (nSPS) is 10.7. The molecule has 0 aromatic carbocycles. The van der Waals surface area contributed by atoms with Crippen LogP contribution in [0.15, 0.2) is 12.4 Å². The molecule has 0 amide bonds. The second-order valence-corrected chi connectivity index (χ2v) is 3.13. The lowest BCUT2D eigenvalue weighted by Crippen LogP contribution is -2.04. The summed E-state index contributed by atoms with van der Waals surface area (Å²) in [7, 11) is 0. The SMILES string of the molecule is Cc1nc(-c2ncc[nH]2)c(CCN)[nH]1. The lowest BCUT2D eigenvalue weighted by atomic mass is 10.2. The summed E-state index contributed by atoms with van der Waals surface area (Å²) in [4.78, 5) is 14.7. The average molecular weight is 191 g/mol. The van der Waals surface area contributed by atoms with Crippen LogP contribution in [0.25, 0.3) is 11.5 Å². The fourth-order valence-corrected chi connectivity index (χ4v) is 1.46. The van der Waals surface area contributed by atoms with Gasteiger partial charge in [0.1, 0.15) is 11.5 Å². The highest BCUT2D eigenvalue weighted by atomic mass is 15.0. The third-order valence-corrected chi connectivity index (χ3v) is 2.01. The van der Waals surface area contributed by atoms with Crippen LogP contribution in [0.5, 0.6) is 0 Å². The molecule has 0 aliphatic rings. The first-order valence-electron chi connectivity index (χ1n) is 4.56. The van der Waals surface area contributed by atoms with Gasteiger partial charge in [0.2, 0.25) is 0 Å². The van der Waals surface area contributed by atoms with Gasteiger partial charge in [-0.05, 0) is 13.5 Å². The van der Waals surface area contributed by atoms with E-state index in [2.05, 4.69) is 19.9 Å². The van der Waals surface area contributed by atoms with Gasteiger partial charge in [0.25, 0.3) is 0 Å². The van der Waals surface area contributed by atoms with Crippen LogP contribution in [0.3, 0.4) is 0 Å². The zero-order valence-electron chi connectivity index (χ0n) is 8.04. The summed E-state index contributed by atoms with van der Waals surface area (Å²) in [5.74, 6) is 1.68. The van der Waals surface area contributed by atoms with E-state index in [1.165, 1.54) is 0 Å². The minimum Gasteiger partial charge on any atom is -0.345 e. The van der Waals surface area contributed by atoms with Gasteiger partial charge in [-0.3, -0.25) is 0 Å². The lowest BCUT2D eigenvalue weighted by molar-refractivity contribution is 0.929. The van der Waals surface area contributed by atoms with Crippen molar-refractivity contribution in [3.05, 3.63) is 23.9 Å². The summed E-state index contributed by atoms with van der Waals surface area (Å²) >= 11 is 0. The zero-order chi connectivity index (χ0) is 9.97. The molecular weight excluding hydrogens is 178 g/mol. The zero-order valence-corrected chi connectivity index (χ0v) is 8.04. The van der Waals surface area contributed by atoms with Crippen LogP contribution < -0.4 is 5.73 Å². The minimum atomic E-state index is 0.606. The Morgan fingerprint density at radius 1 is 1.50 bits per heavy atom. The number of aryl methyl sites for hydroxylation is 1. The molecule has 5 nitrogen and oxygen atoms in total. The molecule has 14 heavy (non-hydrogen) atoms. The van der Waals surface area contributed by atoms with Gasteiger partial charge in [0.15, 0.2) is 5.82 Å². The molecule has 2 heterocycles. The van der Waals surface area contributed by atoms with Crippen LogP contribution in [-0.4, -0.2) is 26.5 Å². The molecule has 0 saturated heterocycles. The topological polar surface area (TPSA) is 83.4 Å². The van der Waals surface area contributed by atoms with Crippen LogP contribution in [-0.2, 0) is 6.42 Å². The number of imidazole rings is 2. The number of hydrogen-bond acceptors (Lipinski definition) is 3. The van der Waals surface area contributed by atoms with E-state index in [9.17, 15) is 0 Å². The number of rotatable bonds is 3. The van der Waals surface area contributed by atoms with Crippen molar-refractivity contribution in [3.8, 4) is 11.5 Å². The minimum absolute atomic E-state index is 0.606. The fourth-order valence-electron chi connectivity index (χ4n) is 1.46. The highest BCUT2D eigenvalue weighted by molar-refractivity contribution is 5.53. The van der Waals surface area contributed by atoms with Crippen LogP contribution in [0, 0.1) is 6.92 Å². The van der Waals surface area contributed by atoms with E-state index in [0.717, 1.165) is 29.5 Å². The molecule has 0 aliphatic carbocycles. The van der Waals surface area contributed by atoms with Crippen molar-refractivity contribution in [2.75, 3.05) is 6.54 Å². The Bertz CT molecular complexity index is 401. The van der Waals surface area contributed by atoms with Gasteiger partial charge in [-0.25, -0.2) is 9.97 Å². The summed E-state index contributed by atoms with van der Waals surface area (Å²) in [6.07, 6.45) is 4.29. The molecule has 2 rings (SSSR count). The molecule has 4 N–H and O–H groups in total. The first-order chi connectivity index (χ1) is 6.81. The number of H-pyrrole nitrogens is 2. The molecule has 0 spiro atoms. The summed E-state index contributed by atoms with van der Waals surface area (Å²) in [6.45, 7) is 2.53. The van der Waals surface area contributed by atoms with Gasteiger partial charge in [-0.1, -0.05) is 0 Å². The molecule has 0 radical (unpaired) electrons. The Morgan fingerprint density at radius 3 is 3.00 bits per heavy atom.